The molecule has 0 aliphatic rings. The summed E-state index contributed by atoms with van der Waals surface area (Å²) in [4.78, 5) is 38.8. The molecule has 0 unspecified atom stereocenters. The molecule has 0 amide bonds. The van der Waals surface area contributed by atoms with Gasteiger partial charge in [-0.1, -0.05) is 30.3 Å². The van der Waals surface area contributed by atoms with E-state index in [-0.39, 0.29) is 18.1 Å². The standard InChI is InChI=1S/C22H21NO5/c1-13-21(15(3)24)14(2)23-22(13)19(25)11-28-20(26)12-27-18-9-8-16-6-4-5-7-17(16)10-18/h4-10,23H,11-12H2,1-3H3. The highest BCUT2D eigenvalue weighted by Crippen LogP contribution is 2.21. The first-order chi connectivity index (χ1) is 13.4. The van der Waals surface area contributed by atoms with Crippen molar-refractivity contribution >= 4 is 28.3 Å². The van der Waals surface area contributed by atoms with Crippen molar-refractivity contribution in [1.29, 1.82) is 0 Å². The van der Waals surface area contributed by atoms with Crippen LogP contribution >= 0.6 is 0 Å². The van der Waals surface area contributed by atoms with Crippen LogP contribution in [-0.4, -0.2) is 35.7 Å². The molecule has 0 saturated carbocycles. The highest BCUT2D eigenvalue weighted by molar-refractivity contribution is 6.04. The molecular formula is C22H21NO5. The van der Waals surface area contributed by atoms with Gasteiger partial charge in [0.05, 0.1) is 5.69 Å². The van der Waals surface area contributed by atoms with Gasteiger partial charge in [-0.05, 0) is 49.2 Å². The topological polar surface area (TPSA) is 85.5 Å². The van der Waals surface area contributed by atoms with Crippen LogP contribution in [0.25, 0.3) is 10.8 Å². The zero-order valence-electron chi connectivity index (χ0n) is 16.0. The van der Waals surface area contributed by atoms with Crippen LogP contribution in [0.15, 0.2) is 42.5 Å². The van der Waals surface area contributed by atoms with Gasteiger partial charge < -0.3 is 14.5 Å². The molecule has 0 bridgehead atoms. The maximum Gasteiger partial charge on any atom is 0.344 e. The van der Waals surface area contributed by atoms with Gasteiger partial charge in [0.1, 0.15) is 5.75 Å². The number of hydrogen-bond donors (Lipinski definition) is 1. The third-order valence-corrected chi connectivity index (χ3v) is 4.51. The lowest BCUT2D eigenvalue weighted by Crippen LogP contribution is -2.20. The molecule has 0 atom stereocenters. The van der Waals surface area contributed by atoms with E-state index in [0.717, 1.165) is 10.8 Å². The molecule has 0 spiro atoms. The molecule has 0 aliphatic heterocycles. The molecule has 0 fully saturated rings. The minimum Gasteiger partial charge on any atom is -0.482 e. The van der Waals surface area contributed by atoms with Crippen LogP contribution in [0.5, 0.6) is 5.75 Å². The Morgan fingerprint density at radius 2 is 1.68 bits per heavy atom. The minimum atomic E-state index is -0.644. The summed E-state index contributed by atoms with van der Waals surface area (Å²) >= 11 is 0. The minimum absolute atomic E-state index is 0.119. The van der Waals surface area contributed by atoms with Crippen LogP contribution in [0.2, 0.25) is 0 Å². The number of aromatic amines is 1. The van der Waals surface area contributed by atoms with Gasteiger partial charge in [0.15, 0.2) is 19.0 Å². The summed E-state index contributed by atoms with van der Waals surface area (Å²) in [6.07, 6.45) is 0. The van der Waals surface area contributed by atoms with Crippen LogP contribution in [0, 0.1) is 13.8 Å². The van der Waals surface area contributed by atoms with E-state index in [4.69, 9.17) is 9.47 Å². The Morgan fingerprint density at radius 3 is 2.36 bits per heavy atom. The summed E-state index contributed by atoms with van der Waals surface area (Å²) in [5.41, 5.74) is 1.97. The Hall–Kier alpha value is -3.41. The van der Waals surface area contributed by atoms with Crippen molar-refractivity contribution in [2.24, 2.45) is 0 Å². The summed E-state index contributed by atoms with van der Waals surface area (Å²) in [5.74, 6) is -0.614. The fourth-order valence-electron chi connectivity index (χ4n) is 3.22. The monoisotopic (exact) mass is 379 g/mol. The predicted octanol–water partition coefficient (Wildman–Crippen LogP) is 3.79. The number of hydrogen-bond acceptors (Lipinski definition) is 5. The second kappa shape index (κ2) is 8.08. The van der Waals surface area contributed by atoms with Gasteiger partial charge in [0.2, 0.25) is 5.78 Å². The summed E-state index contributed by atoms with van der Waals surface area (Å²) in [6, 6.07) is 13.3. The summed E-state index contributed by atoms with van der Waals surface area (Å²) in [5, 5.41) is 2.08. The maximum absolute atomic E-state index is 12.3. The van der Waals surface area contributed by atoms with Crippen molar-refractivity contribution in [1.82, 2.24) is 4.98 Å². The van der Waals surface area contributed by atoms with Crippen molar-refractivity contribution in [2.45, 2.75) is 20.8 Å². The number of carbonyl (C=O) groups excluding carboxylic acids is 3. The Bertz CT molecular complexity index is 1060. The lowest BCUT2D eigenvalue weighted by molar-refractivity contribution is -0.144. The predicted molar refractivity (Wildman–Crippen MR) is 105 cm³/mol. The number of aromatic nitrogens is 1. The Kier molecular flexibility index (Phi) is 5.59. The lowest BCUT2D eigenvalue weighted by Gasteiger charge is -2.08. The molecule has 0 radical (unpaired) electrons. The third kappa shape index (κ3) is 4.11. The molecule has 1 aromatic heterocycles. The number of carbonyl (C=O) groups is 3. The number of H-pyrrole nitrogens is 1. The van der Waals surface area contributed by atoms with Crippen molar-refractivity contribution in [2.75, 3.05) is 13.2 Å². The molecule has 1 N–H and O–H groups in total. The largest absolute Gasteiger partial charge is 0.482 e. The van der Waals surface area contributed by atoms with Gasteiger partial charge in [-0.2, -0.15) is 0 Å². The normalized spacial score (nSPS) is 10.7. The maximum atomic E-state index is 12.3. The van der Waals surface area contributed by atoms with Crippen LogP contribution in [0.3, 0.4) is 0 Å². The van der Waals surface area contributed by atoms with Crippen LogP contribution in [0.4, 0.5) is 0 Å². The van der Waals surface area contributed by atoms with Gasteiger partial charge in [-0.15, -0.1) is 0 Å². The molecule has 28 heavy (non-hydrogen) atoms. The molecule has 3 rings (SSSR count). The van der Waals surface area contributed by atoms with Gasteiger partial charge in [0.25, 0.3) is 0 Å². The first kappa shape index (κ1) is 19.4. The molecule has 0 saturated heterocycles. The molecule has 6 heteroatoms. The van der Waals surface area contributed by atoms with E-state index in [1.807, 2.05) is 36.4 Å². The number of fused-ring (bicyclic) bond motifs is 1. The number of Topliss-reactive ketones (excluding diaryl/α,β-unsaturated/α-hetero) is 2. The number of esters is 1. The van der Waals surface area contributed by atoms with Crippen molar-refractivity contribution in [3.05, 3.63) is 65.0 Å². The molecule has 0 aliphatic carbocycles. The first-order valence-corrected chi connectivity index (χ1v) is 8.87. The number of ether oxygens (including phenoxy) is 2. The third-order valence-electron chi connectivity index (χ3n) is 4.51. The van der Waals surface area contributed by atoms with Crippen molar-refractivity contribution in [3.63, 3.8) is 0 Å². The Morgan fingerprint density at radius 1 is 0.964 bits per heavy atom. The second-order valence-corrected chi connectivity index (χ2v) is 6.56. The zero-order chi connectivity index (χ0) is 20.3. The SMILES string of the molecule is CC(=O)c1c(C)[nH]c(C(=O)COC(=O)COc2ccc3ccccc3c2)c1C. The van der Waals surface area contributed by atoms with Crippen LogP contribution in [0.1, 0.15) is 39.0 Å². The van der Waals surface area contributed by atoms with Crippen LogP contribution in [-0.2, 0) is 9.53 Å². The molecule has 3 aromatic rings. The lowest BCUT2D eigenvalue weighted by atomic mass is 10.1. The summed E-state index contributed by atoms with van der Waals surface area (Å²) in [6.45, 7) is 4.15. The van der Waals surface area contributed by atoms with E-state index in [9.17, 15) is 14.4 Å². The number of rotatable bonds is 7. The molecular weight excluding hydrogens is 358 g/mol. The Balaban J connectivity index is 1.56. The first-order valence-electron chi connectivity index (χ1n) is 8.87. The van der Waals surface area contributed by atoms with E-state index in [1.165, 1.54) is 6.92 Å². The van der Waals surface area contributed by atoms with Gasteiger partial charge >= 0.3 is 5.97 Å². The number of aryl methyl sites for hydroxylation is 1. The second-order valence-electron chi connectivity index (χ2n) is 6.56. The summed E-state index contributed by atoms with van der Waals surface area (Å²) in [7, 11) is 0. The average molecular weight is 379 g/mol. The number of nitrogens with one attached hydrogen (secondary N) is 1. The van der Waals surface area contributed by atoms with E-state index in [0.29, 0.717) is 22.6 Å². The molecule has 6 nitrogen and oxygen atoms in total. The smallest absolute Gasteiger partial charge is 0.344 e. The zero-order valence-corrected chi connectivity index (χ0v) is 16.0. The highest BCUT2D eigenvalue weighted by atomic mass is 16.6. The van der Waals surface area contributed by atoms with E-state index in [1.54, 1.807) is 19.9 Å². The average Bonchev–Trinajstić information content (AvgIpc) is 2.98. The van der Waals surface area contributed by atoms with Crippen molar-refractivity contribution in [3.8, 4) is 5.75 Å². The van der Waals surface area contributed by atoms with Crippen LogP contribution < -0.4 is 4.74 Å². The van der Waals surface area contributed by atoms with E-state index >= 15 is 0 Å². The van der Waals surface area contributed by atoms with E-state index in [2.05, 4.69) is 4.98 Å². The fourth-order valence-corrected chi connectivity index (χ4v) is 3.22. The van der Waals surface area contributed by atoms with Crippen molar-refractivity contribution < 1.29 is 23.9 Å². The quantitative estimate of drug-likeness (QED) is 0.499. The van der Waals surface area contributed by atoms with E-state index < -0.39 is 18.4 Å². The fraction of sp³-hybridized carbons (Fsp3) is 0.227. The summed E-state index contributed by atoms with van der Waals surface area (Å²) < 4.78 is 10.5. The highest BCUT2D eigenvalue weighted by Gasteiger charge is 2.20. The molecule has 1 heterocycles. The Labute approximate surface area is 162 Å². The molecule has 144 valence electrons. The van der Waals surface area contributed by atoms with Gasteiger partial charge in [-0.25, -0.2) is 4.79 Å². The number of benzene rings is 2. The number of ketones is 2. The molecule has 2 aromatic carbocycles. The van der Waals surface area contributed by atoms with Gasteiger partial charge in [-0.3, -0.25) is 9.59 Å². The van der Waals surface area contributed by atoms with Gasteiger partial charge in [0, 0.05) is 11.3 Å².